The molecule has 0 spiro atoms. The molecule has 0 amide bonds. The Balaban J connectivity index is 1.76. The molecule has 2 aromatic heterocycles. The van der Waals surface area contributed by atoms with Gasteiger partial charge >= 0.3 is 0 Å². The zero-order valence-corrected chi connectivity index (χ0v) is 13.4. The maximum atomic E-state index is 5.86. The van der Waals surface area contributed by atoms with Crippen molar-refractivity contribution in [3.8, 4) is 0 Å². The van der Waals surface area contributed by atoms with Crippen LogP contribution in [0, 0.1) is 0 Å². The number of morpholine rings is 1. The van der Waals surface area contributed by atoms with Crippen LogP contribution in [0.3, 0.4) is 0 Å². The first-order valence-electron chi connectivity index (χ1n) is 7.27. The second kappa shape index (κ2) is 6.07. The largest absolute Gasteiger partial charge is 0.366 e. The summed E-state index contributed by atoms with van der Waals surface area (Å²) in [6.07, 6.45) is 1.69. The average molecular weight is 308 g/mol. The quantitative estimate of drug-likeness (QED) is 0.858. The summed E-state index contributed by atoms with van der Waals surface area (Å²) in [6.45, 7) is 9.38. The summed E-state index contributed by atoms with van der Waals surface area (Å²) >= 11 is 1.46. The van der Waals surface area contributed by atoms with E-state index in [2.05, 4.69) is 45.2 Å². The Morgan fingerprint density at radius 1 is 1.48 bits per heavy atom. The van der Waals surface area contributed by atoms with E-state index in [0.29, 0.717) is 12.5 Å². The molecule has 3 rings (SSSR count). The molecule has 1 unspecified atom stereocenters. The van der Waals surface area contributed by atoms with Crippen molar-refractivity contribution in [2.24, 2.45) is 0 Å². The first kappa shape index (κ1) is 14.4. The van der Waals surface area contributed by atoms with Crippen molar-refractivity contribution in [2.75, 3.05) is 24.6 Å². The molecule has 1 aliphatic heterocycles. The lowest BCUT2D eigenvalue weighted by Crippen LogP contribution is -2.39. The molecule has 2 aromatic rings. The maximum Gasteiger partial charge on any atom is 0.205 e. The number of nitrogens with zero attached hydrogens (tertiary/aromatic N) is 6. The number of hydrogen-bond donors (Lipinski definition) is 0. The van der Waals surface area contributed by atoms with Gasteiger partial charge in [0.1, 0.15) is 18.3 Å². The van der Waals surface area contributed by atoms with E-state index < -0.39 is 0 Å². The van der Waals surface area contributed by atoms with E-state index in [0.717, 1.165) is 36.4 Å². The van der Waals surface area contributed by atoms with Crippen LogP contribution in [-0.4, -0.2) is 43.8 Å². The van der Waals surface area contributed by atoms with Gasteiger partial charge in [0, 0.05) is 30.5 Å². The minimum atomic E-state index is -0.0624. The Bertz CT molecular complexity index is 595. The first-order chi connectivity index (χ1) is 10.2. The van der Waals surface area contributed by atoms with Crippen LogP contribution in [0.15, 0.2) is 6.33 Å². The number of anilines is 1. The van der Waals surface area contributed by atoms with Crippen molar-refractivity contribution < 1.29 is 4.74 Å². The predicted molar refractivity (Wildman–Crippen MR) is 80.6 cm³/mol. The number of aromatic nitrogens is 5. The van der Waals surface area contributed by atoms with Gasteiger partial charge in [0.15, 0.2) is 5.82 Å². The number of rotatable bonds is 4. The second-order valence-electron chi connectivity index (χ2n) is 5.37. The third kappa shape index (κ3) is 2.91. The highest BCUT2D eigenvalue weighted by atomic mass is 32.1. The van der Waals surface area contributed by atoms with E-state index in [9.17, 15) is 0 Å². The van der Waals surface area contributed by atoms with E-state index in [1.165, 1.54) is 11.5 Å². The summed E-state index contributed by atoms with van der Waals surface area (Å²) in [4.78, 5) is 6.86. The zero-order valence-electron chi connectivity index (χ0n) is 12.6. The molecular weight excluding hydrogens is 288 g/mol. The van der Waals surface area contributed by atoms with Gasteiger partial charge in [-0.15, -0.1) is 10.2 Å². The summed E-state index contributed by atoms with van der Waals surface area (Å²) in [6, 6.07) is 0. The van der Waals surface area contributed by atoms with Gasteiger partial charge in [-0.2, -0.15) is 4.37 Å². The van der Waals surface area contributed by atoms with E-state index >= 15 is 0 Å². The molecule has 114 valence electrons. The van der Waals surface area contributed by atoms with Crippen molar-refractivity contribution >= 4 is 16.7 Å². The van der Waals surface area contributed by atoms with Crippen LogP contribution in [0.1, 0.15) is 44.4 Å². The van der Waals surface area contributed by atoms with E-state index in [1.807, 2.05) is 4.57 Å². The van der Waals surface area contributed by atoms with E-state index in [4.69, 9.17) is 4.74 Å². The van der Waals surface area contributed by atoms with Crippen LogP contribution < -0.4 is 4.90 Å². The normalized spacial score (nSPS) is 19.4. The highest BCUT2D eigenvalue weighted by molar-refractivity contribution is 7.09. The van der Waals surface area contributed by atoms with Crippen LogP contribution in [0.25, 0.3) is 0 Å². The van der Waals surface area contributed by atoms with Gasteiger partial charge in [0.05, 0.1) is 13.2 Å². The minimum absolute atomic E-state index is 0.0624. The Hall–Kier alpha value is -1.54. The van der Waals surface area contributed by atoms with Crippen molar-refractivity contribution in [3.05, 3.63) is 18.0 Å². The topological polar surface area (TPSA) is 69.0 Å². The fraction of sp³-hybridized carbons (Fsp3) is 0.692. The van der Waals surface area contributed by atoms with Gasteiger partial charge in [0.2, 0.25) is 5.13 Å². The molecule has 7 nitrogen and oxygen atoms in total. The lowest BCUT2D eigenvalue weighted by atomic mass is 10.2. The summed E-state index contributed by atoms with van der Waals surface area (Å²) < 4.78 is 12.3. The predicted octanol–water partition coefficient (Wildman–Crippen LogP) is 1.85. The maximum absolute atomic E-state index is 5.86. The van der Waals surface area contributed by atoms with Crippen molar-refractivity contribution in [3.63, 3.8) is 0 Å². The second-order valence-corrected chi connectivity index (χ2v) is 6.10. The molecule has 0 saturated carbocycles. The summed E-state index contributed by atoms with van der Waals surface area (Å²) in [7, 11) is 0. The number of aryl methyl sites for hydroxylation is 1. The van der Waals surface area contributed by atoms with Crippen molar-refractivity contribution in [1.82, 2.24) is 24.1 Å². The molecule has 0 radical (unpaired) electrons. The van der Waals surface area contributed by atoms with Gasteiger partial charge < -0.3 is 14.2 Å². The number of ether oxygens (including phenoxy) is 1. The third-order valence-electron chi connectivity index (χ3n) is 3.56. The lowest BCUT2D eigenvalue weighted by Gasteiger charge is -2.31. The fourth-order valence-corrected chi connectivity index (χ4v) is 3.17. The van der Waals surface area contributed by atoms with E-state index in [-0.39, 0.29) is 6.10 Å². The molecule has 1 atom stereocenters. The Morgan fingerprint density at radius 2 is 2.33 bits per heavy atom. The van der Waals surface area contributed by atoms with Crippen LogP contribution in [0.5, 0.6) is 0 Å². The smallest absolute Gasteiger partial charge is 0.205 e. The highest BCUT2D eigenvalue weighted by Gasteiger charge is 2.27. The summed E-state index contributed by atoms with van der Waals surface area (Å²) in [5.41, 5.74) is 0. The number of hydrogen-bond acceptors (Lipinski definition) is 7. The van der Waals surface area contributed by atoms with E-state index in [1.54, 1.807) is 6.33 Å². The summed E-state index contributed by atoms with van der Waals surface area (Å²) in [5, 5.41) is 9.15. The Kier molecular flexibility index (Phi) is 4.16. The molecule has 1 aliphatic rings. The molecule has 1 fully saturated rings. The van der Waals surface area contributed by atoms with Gasteiger partial charge in [-0.25, -0.2) is 4.98 Å². The third-order valence-corrected chi connectivity index (χ3v) is 4.35. The van der Waals surface area contributed by atoms with Crippen LogP contribution in [-0.2, 0) is 11.3 Å². The Morgan fingerprint density at radius 3 is 3.05 bits per heavy atom. The molecule has 1 saturated heterocycles. The molecule has 8 heteroatoms. The van der Waals surface area contributed by atoms with Crippen LogP contribution in [0.4, 0.5) is 5.13 Å². The molecule has 3 heterocycles. The zero-order chi connectivity index (χ0) is 14.8. The standard InChI is InChI=1S/C13H20N6OS/c1-4-18-8-14-16-12(18)10-7-19(5-6-20-10)13-15-11(9(2)3)17-21-13/h8-10H,4-7H2,1-3H3. The Labute approximate surface area is 128 Å². The SMILES string of the molecule is CCn1cnnc1C1CN(c2nc(C(C)C)ns2)CCO1. The molecule has 0 N–H and O–H groups in total. The molecule has 0 aliphatic carbocycles. The van der Waals surface area contributed by atoms with Crippen molar-refractivity contribution in [1.29, 1.82) is 0 Å². The summed E-state index contributed by atoms with van der Waals surface area (Å²) in [5.74, 6) is 2.15. The van der Waals surface area contributed by atoms with Crippen molar-refractivity contribution in [2.45, 2.75) is 39.3 Å². The van der Waals surface area contributed by atoms with Gasteiger partial charge in [-0.05, 0) is 6.92 Å². The monoisotopic (exact) mass is 308 g/mol. The molecular formula is C13H20N6OS. The molecule has 0 aromatic carbocycles. The molecule has 0 bridgehead atoms. The van der Waals surface area contributed by atoms with Gasteiger partial charge in [-0.1, -0.05) is 13.8 Å². The van der Waals surface area contributed by atoms with Gasteiger partial charge in [-0.3, -0.25) is 0 Å². The minimum Gasteiger partial charge on any atom is -0.366 e. The van der Waals surface area contributed by atoms with Gasteiger partial charge in [0.25, 0.3) is 0 Å². The fourth-order valence-electron chi connectivity index (χ4n) is 2.33. The van der Waals surface area contributed by atoms with Crippen LogP contribution >= 0.6 is 11.5 Å². The molecule has 21 heavy (non-hydrogen) atoms. The highest BCUT2D eigenvalue weighted by Crippen LogP contribution is 2.27. The average Bonchev–Trinajstić information content (AvgIpc) is 3.16. The van der Waals surface area contributed by atoms with Crippen LogP contribution in [0.2, 0.25) is 0 Å². The lowest BCUT2D eigenvalue weighted by molar-refractivity contribution is 0.0316. The first-order valence-corrected chi connectivity index (χ1v) is 8.04.